The molecular formula is C17H21ClN8O. The van der Waals surface area contributed by atoms with Crippen molar-refractivity contribution in [3.63, 3.8) is 0 Å². The average molecular weight is 389 g/mol. The summed E-state index contributed by atoms with van der Waals surface area (Å²) in [5.41, 5.74) is 0.889. The summed E-state index contributed by atoms with van der Waals surface area (Å²) in [5, 5.41) is 13.1. The molecule has 4 rings (SSSR count). The molecule has 0 aliphatic carbocycles. The molecule has 1 aliphatic rings. The van der Waals surface area contributed by atoms with Gasteiger partial charge in [0.15, 0.2) is 11.6 Å². The van der Waals surface area contributed by atoms with Crippen LogP contribution in [0.4, 0.5) is 5.95 Å². The fourth-order valence-corrected chi connectivity index (χ4v) is 3.42. The van der Waals surface area contributed by atoms with E-state index in [9.17, 15) is 0 Å². The molecule has 0 amide bonds. The maximum atomic E-state index is 5.87. The molecule has 142 valence electrons. The van der Waals surface area contributed by atoms with E-state index in [1.165, 1.54) is 0 Å². The Morgan fingerprint density at radius 1 is 1.15 bits per heavy atom. The van der Waals surface area contributed by atoms with Crippen molar-refractivity contribution in [3.05, 3.63) is 35.2 Å². The molecule has 1 aliphatic heterocycles. The molecule has 3 aromatic rings. The highest BCUT2D eigenvalue weighted by Gasteiger charge is 2.27. The first-order valence-electron chi connectivity index (χ1n) is 8.83. The van der Waals surface area contributed by atoms with Gasteiger partial charge in [0, 0.05) is 45.0 Å². The molecule has 10 heteroatoms. The first kappa shape index (κ1) is 17.9. The normalized spacial score (nSPS) is 16.7. The van der Waals surface area contributed by atoms with Crippen molar-refractivity contribution < 1.29 is 4.52 Å². The number of hydrogen-bond donors (Lipinski definition) is 0. The largest absolute Gasteiger partial charge is 0.338 e. The minimum absolute atomic E-state index is 0.101. The molecule has 0 radical (unpaired) electrons. The van der Waals surface area contributed by atoms with Crippen LogP contribution in [-0.4, -0.2) is 61.0 Å². The van der Waals surface area contributed by atoms with E-state index in [2.05, 4.69) is 42.0 Å². The van der Waals surface area contributed by atoms with Crippen molar-refractivity contribution in [1.82, 2.24) is 34.8 Å². The number of pyridine rings is 1. The van der Waals surface area contributed by atoms with E-state index in [1.54, 1.807) is 12.3 Å². The van der Waals surface area contributed by atoms with Crippen molar-refractivity contribution in [2.75, 3.05) is 31.1 Å². The molecule has 0 bridgehead atoms. The van der Waals surface area contributed by atoms with Gasteiger partial charge in [0.2, 0.25) is 11.8 Å². The number of nitrogens with zero attached hydrogens (tertiary/aromatic N) is 8. The Labute approximate surface area is 162 Å². The zero-order chi connectivity index (χ0) is 19.0. The molecule has 27 heavy (non-hydrogen) atoms. The van der Waals surface area contributed by atoms with E-state index in [-0.39, 0.29) is 6.04 Å². The Kier molecular flexibility index (Phi) is 4.79. The summed E-state index contributed by atoms with van der Waals surface area (Å²) in [5.74, 6) is 2.95. The number of hydrogen-bond acceptors (Lipinski definition) is 8. The van der Waals surface area contributed by atoms with Gasteiger partial charge in [0.05, 0.1) is 6.04 Å². The number of aromatic nitrogens is 6. The fourth-order valence-electron chi connectivity index (χ4n) is 3.30. The number of rotatable bonds is 4. The van der Waals surface area contributed by atoms with E-state index in [0.717, 1.165) is 43.5 Å². The van der Waals surface area contributed by atoms with Crippen LogP contribution in [0.5, 0.6) is 0 Å². The Hall–Kier alpha value is -2.52. The zero-order valence-electron chi connectivity index (χ0n) is 15.5. The number of anilines is 1. The average Bonchev–Trinajstić information content (AvgIpc) is 3.28. The molecule has 1 unspecified atom stereocenters. The lowest BCUT2D eigenvalue weighted by Gasteiger charge is -2.37. The quantitative estimate of drug-likeness (QED) is 0.628. The smallest absolute Gasteiger partial charge is 0.243 e. The Bertz CT molecular complexity index is 913. The standard InChI is InChI=1S/C17H21ClN8O/c1-11(16-20-12(2)23-27-16)25-6-8-26(9-7-25)17-22-21-15(24(17)3)13-4-5-14(18)19-10-13/h4-5,10-11H,6-9H2,1-3H3. The van der Waals surface area contributed by atoms with Crippen molar-refractivity contribution >= 4 is 17.5 Å². The van der Waals surface area contributed by atoms with Crippen molar-refractivity contribution in [1.29, 1.82) is 0 Å². The fraction of sp³-hybridized carbons (Fsp3) is 0.471. The summed E-state index contributed by atoms with van der Waals surface area (Å²) in [6.07, 6.45) is 1.71. The lowest BCUT2D eigenvalue weighted by Crippen LogP contribution is -2.48. The van der Waals surface area contributed by atoms with Gasteiger partial charge in [-0.05, 0) is 26.0 Å². The van der Waals surface area contributed by atoms with Gasteiger partial charge in [-0.1, -0.05) is 16.8 Å². The van der Waals surface area contributed by atoms with Crippen LogP contribution < -0.4 is 4.90 Å². The van der Waals surface area contributed by atoms with E-state index in [0.29, 0.717) is 16.9 Å². The topological polar surface area (TPSA) is 89.0 Å². The summed E-state index contributed by atoms with van der Waals surface area (Å²) in [7, 11) is 1.97. The maximum absolute atomic E-state index is 5.87. The lowest BCUT2D eigenvalue weighted by molar-refractivity contribution is 0.163. The SMILES string of the molecule is Cc1noc(C(C)N2CCN(c3nnc(-c4ccc(Cl)nc4)n3C)CC2)n1. The second-order valence-electron chi connectivity index (χ2n) is 6.63. The highest BCUT2D eigenvalue weighted by atomic mass is 35.5. The predicted molar refractivity (Wildman–Crippen MR) is 100 cm³/mol. The van der Waals surface area contributed by atoms with Crippen molar-refractivity contribution in [2.24, 2.45) is 7.05 Å². The number of piperazine rings is 1. The minimum atomic E-state index is 0.101. The van der Waals surface area contributed by atoms with Crippen LogP contribution in [0.1, 0.15) is 24.7 Å². The van der Waals surface area contributed by atoms with Crippen molar-refractivity contribution in [2.45, 2.75) is 19.9 Å². The van der Waals surface area contributed by atoms with Crippen LogP contribution in [0.3, 0.4) is 0 Å². The first-order valence-corrected chi connectivity index (χ1v) is 9.21. The van der Waals surface area contributed by atoms with Gasteiger partial charge in [-0.15, -0.1) is 10.2 Å². The summed E-state index contributed by atoms with van der Waals surface area (Å²) >= 11 is 5.87. The third kappa shape index (κ3) is 3.52. The summed E-state index contributed by atoms with van der Waals surface area (Å²) in [6, 6.07) is 3.75. The predicted octanol–water partition coefficient (Wildman–Crippen LogP) is 2.11. The molecule has 0 aromatic carbocycles. The third-order valence-corrected chi connectivity index (χ3v) is 5.11. The summed E-state index contributed by atoms with van der Waals surface area (Å²) in [4.78, 5) is 13.0. The summed E-state index contributed by atoms with van der Waals surface area (Å²) in [6.45, 7) is 7.39. The van der Waals surface area contributed by atoms with Gasteiger partial charge >= 0.3 is 0 Å². The van der Waals surface area contributed by atoms with Crippen LogP contribution in [0.15, 0.2) is 22.9 Å². The molecule has 0 saturated carbocycles. The third-order valence-electron chi connectivity index (χ3n) is 4.88. The molecule has 1 saturated heterocycles. The second kappa shape index (κ2) is 7.24. The Balaban J connectivity index is 1.45. The molecular weight excluding hydrogens is 368 g/mol. The van der Waals surface area contributed by atoms with Crippen LogP contribution in [0.2, 0.25) is 5.15 Å². The lowest BCUT2D eigenvalue weighted by atomic mass is 10.2. The van der Waals surface area contributed by atoms with Crippen LogP contribution >= 0.6 is 11.6 Å². The van der Waals surface area contributed by atoms with E-state index in [1.807, 2.05) is 24.6 Å². The number of aryl methyl sites for hydroxylation is 1. The highest BCUT2D eigenvalue weighted by Crippen LogP contribution is 2.25. The zero-order valence-corrected chi connectivity index (χ0v) is 16.3. The summed E-state index contributed by atoms with van der Waals surface area (Å²) < 4.78 is 7.30. The molecule has 0 spiro atoms. The second-order valence-corrected chi connectivity index (χ2v) is 7.02. The van der Waals surface area contributed by atoms with Crippen LogP contribution in [0.25, 0.3) is 11.4 Å². The van der Waals surface area contributed by atoms with Gasteiger partial charge in [0.1, 0.15) is 5.15 Å². The number of halogens is 1. The molecule has 3 aromatic heterocycles. The molecule has 1 atom stereocenters. The Morgan fingerprint density at radius 3 is 2.56 bits per heavy atom. The highest BCUT2D eigenvalue weighted by molar-refractivity contribution is 6.29. The van der Waals surface area contributed by atoms with Gasteiger partial charge in [-0.2, -0.15) is 4.98 Å². The van der Waals surface area contributed by atoms with E-state index >= 15 is 0 Å². The van der Waals surface area contributed by atoms with Crippen molar-refractivity contribution in [3.8, 4) is 11.4 Å². The van der Waals surface area contributed by atoms with Gasteiger partial charge in [0.25, 0.3) is 0 Å². The maximum Gasteiger partial charge on any atom is 0.243 e. The monoisotopic (exact) mass is 388 g/mol. The first-order chi connectivity index (χ1) is 13.0. The van der Waals surface area contributed by atoms with E-state index < -0.39 is 0 Å². The minimum Gasteiger partial charge on any atom is -0.338 e. The van der Waals surface area contributed by atoms with Crippen LogP contribution in [0, 0.1) is 6.92 Å². The molecule has 9 nitrogen and oxygen atoms in total. The van der Waals surface area contributed by atoms with Gasteiger partial charge < -0.3 is 9.42 Å². The Morgan fingerprint density at radius 2 is 1.93 bits per heavy atom. The van der Waals surface area contributed by atoms with E-state index in [4.69, 9.17) is 16.1 Å². The van der Waals surface area contributed by atoms with Gasteiger partial charge in [-0.25, -0.2) is 4.98 Å². The molecule has 4 heterocycles. The van der Waals surface area contributed by atoms with Gasteiger partial charge in [-0.3, -0.25) is 9.47 Å². The molecule has 1 fully saturated rings. The molecule has 0 N–H and O–H groups in total. The van der Waals surface area contributed by atoms with Crippen LogP contribution in [-0.2, 0) is 7.05 Å².